The molecular weight excluding hydrogens is 277 g/mol. The summed E-state index contributed by atoms with van der Waals surface area (Å²) in [6.45, 7) is 1.77. The van der Waals surface area contributed by atoms with Gasteiger partial charge in [-0.3, -0.25) is 4.79 Å². The van der Waals surface area contributed by atoms with Gasteiger partial charge < -0.3 is 4.42 Å². The van der Waals surface area contributed by atoms with Gasteiger partial charge in [0.1, 0.15) is 5.76 Å². The standard InChI is InChI=1S/C13H9F3O2S/c1-8-2-5-12(19-13(14,15)16)10(6-8)11-4-3-9(7-17)18-11/h2-7H,1H3. The number of hydrogen-bond donors (Lipinski definition) is 0. The molecule has 0 saturated heterocycles. The second-order valence-electron chi connectivity index (χ2n) is 3.87. The molecule has 0 aliphatic carbocycles. The summed E-state index contributed by atoms with van der Waals surface area (Å²) in [5, 5.41) is 0. The van der Waals surface area contributed by atoms with Crippen LogP contribution in [0.1, 0.15) is 16.1 Å². The molecule has 0 atom stereocenters. The van der Waals surface area contributed by atoms with Crippen LogP contribution in [0.3, 0.4) is 0 Å². The topological polar surface area (TPSA) is 30.2 Å². The number of aryl methyl sites for hydroxylation is 1. The van der Waals surface area contributed by atoms with Crippen LogP contribution in [0.5, 0.6) is 0 Å². The SMILES string of the molecule is Cc1ccc(SC(F)(F)F)c(-c2ccc(C=O)o2)c1. The number of rotatable bonds is 3. The molecule has 0 amide bonds. The van der Waals surface area contributed by atoms with Crippen LogP contribution in [0.2, 0.25) is 0 Å². The molecule has 1 aromatic carbocycles. The summed E-state index contributed by atoms with van der Waals surface area (Å²) in [5.41, 5.74) is -3.23. The van der Waals surface area contributed by atoms with Crippen LogP contribution >= 0.6 is 11.8 Å². The van der Waals surface area contributed by atoms with Crippen molar-refractivity contribution in [2.45, 2.75) is 17.3 Å². The van der Waals surface area contributed by atoms with Gasteiger partial charge in [0.25, 0.3) is 0 Å². The molecule has 1 heterocycles. The van der Waals surface area contributed by atoms with Crippen molar-refractivity contribution < 1.29 is 22.4 Å². The summed E-state index contributed by atoms with van der Waals surface area (Å²) in [7, 11) is 0. The van der Waals surface area contributed by atoms with Crippen molar-refractivity contribution in [1.82, 2.24) is 0 Å². The highest BCUT2D eigenvalue weighted by Crippen LogP contribution is 2.42. The Balaban J connectivity index is 2.47. The van der Waals surface area contributed by atoms with Crippen LogP contribution in [0.25, 0.3) is 11.3 Å². The third kappa shape index (κ3) is 3.41. The fraction of sp³-hybridized carbons (Fsp3) is 0.154. The maximum Gasteiger partial charge on any atom is 0.446 e. The summed E-state index contributed by atoms with van der Waals surface area (Å²) < 4.78 is 42.6. The van der Waals surface area contributed by atoms with Gasteiger partial charge in [-0.1, -0.05) is 11.6 Å². The van der Waals surface area contributed by atoms with Gasteiger partial charge in [-0.2, -0.15) is 13.2 Å². The van der Waals surface area contributed by atoms with Gasteiger partial charge in [-0.25, -0.2) is 0 Å². The number of alkyl halides is 3. The van der Waals surface area contributed by atoms with Crippen molar-refractivity contribution in [2.75, 3.05) is 0 Å². The highest BCUT2D eigenvalue weighted by Gasteiger charge is 2.31. The highest BCUT2D eigenvalue weighted by atomic mass is 32.2. The third-order valence-corrected chi connectivity index (χ3v) is 3.18. The minimum absolute atomic E-state index is 0.0462. The van der Waals surface area contributed by atoms with E-state index in [1.807, 2.05) is 0 Å². The molecular formula is C13H9F3O2S. The van der Waals surface area contributed by atoms with Gasteiger partial charge in [0.15, 0.2) is 12.0 Å². The fourth-order valence-corrected chi connectivity index (χ4v) is 2.27. The Labute approximate surface area is 111 Å². The molecule has 0 N–H and O–H groups in total. The molecule has 0 unspecified atom stereocenters. The van der Waals surface area contributed by atoms with Crippen molar-refractivity contribution in [3.63, 3.8) is 0 Å². The van der Waals surface area contributed by atoms with E-state index in [9.17, 15) is 18.0 Å². The van der Waals surface area contributed by atoms with E-state index in [0.717, 1.165) is 5.56 Å². The molecule has 0 fully saturated rings. The van der Waals surface area contributed by atoms with Crippen LogP contribution < -0.4 is 0 Å². The molecule has 2 nitrogen and oxygen atoms in total. The quantitative estimate of drug-likeness (QED) is 0.606. The lowest BCUT2D eigenvalue weighted by molar-refractivity contribution is -0.0328. The molecule has 0 saturated carbocycles. The average Bonchev–Trinajstić information content (AvgIpc) is 2.78. The minimum atomic E-state index is -4.37. The largest absolute Gasteiger partial charge is 0.453 e. The maximum absolute atomic E-state index is 12.5. The molecule has 2 rings (SSSR count). The molecule has 1 aromatic heterocycles. The first kappa shape index (κ1) is 13.7. The molecule has 2 aromatic rings. The van der Waals surface area contributed by atoms with Crippen LogP contribution in [-0.4, -0.2) is 11.8 Å². The van der Waals surface area contributed by atoms with Gasteiger partial charge in [-0.15, -0.1) is 0 Å². The lowest BCUT2D eigenvalue weighted by Crippen LogP contribution is -2.00. The molecule has 0 radical (unpaired) electrons. The Kier molecular flexibility index (Phi) is 3.71. The zero-order chi connectivity index (χ0) is 14.0. The first-order valence-electron chi connectivity index (χ1n) is 5.31. The Morgan fingerprint density at radius 1 is 1.21 bits per heavy atom. The van der Waals surface area contributed by atoms with E-state index in [4.69, 9.17) is 4.42 Å². The molecule has 100 valence electrons. The van der Waals surface area contributed by atoms with Crippen molar-refractivity contribution in [3.8, 4) is 11.3 Å². The summed E-state index contributed by atoms with van der Waals surface area (Å²) in [4.78, 5) is 10.6. The molecule has 0 aliphatic rings. The summed E-state index contributed by atoms with van der Waals surface area (Å²) in [5.74, 6) is 0.331. The van der Waals surface area contributed by atoms with E-state index < -0.39 is 5.51 Å². The smallest absolute Gasteiger partial charge is 0.446 e. The molecule has 6 heteroatoms. The van der Waals surface area contributed by atoms with E-state index in [-0.39, 0.29) is 28.2 Å². The first-order chi connectivity index (χ1) is 8.89. The first-order valence-corrected chi connectivity index (χ1v) is 6.12. The Morgan fingerprint density at radius 3 is 2.53 bits per heavy atom. The van der Waals surface area contributed by atoms with Crippen molar-refractivity contribution in [1.29, 1.82) is 0 Å². The van der Waals surface area contributed by atoms with Gasteiger partial charge in [0, 0.05) is 10.5 Å². The van der Waals surface area contributed by atoms with Gasteiger partial charge in [-0.05, 0) is 43.0 Å². The number of furan rings is 1. The van der Waals surface area contributed by atoms with Gasteiger partial charge >= 0.3 is 5.51 Å². The van der Waals surface area contributed by atoms with E-state index in [1.54, 1.807) is 19.1 Å². The molecule has 0 aliphatic heterocycles. The average molecular weight is 286 g/mol. The Hall–Kier alpha value is -1.69. The zero-order valence-corrected chi connectivity index (χ0v) is 10.6. The molecule has 0 spiro atoms. The van der Waals surface area contributed by atoms with Crippen LogP contribution in [-0.2, 0) is 0 Å². The highest BCUT2D eigenvalue weighted by molar-refractivity contribution is 8.00. The van der Waals surface area contributed by atoms with Gasteiger partial charge in [0.05, 0.1) is 0 Å². The molecule has 19 heavy (non-hydrogen) atoms. The van der Waals surface area contributed by atoms with Crippen LogP contribution in [0.4, 0.5) is 13.2 Å². The third-order valence-electron chi connectivity index (χ3n) is 2.37. The summed E-state index contributed by atoms with van der Waals surface area (Å²) in [6, 6.07) is 7.50. The second kappa shape index (κ2) is 5.13. The Morgan fingerprint density at radius 2 is 1.95 bits per heavy atom. The van der Waals surface area contributed by atoms with Crippen LogP contribution in [0.15, 0.2) is 39.6 Å². The van der Waals surface area contributed by atoms with Crippen molar-refractivity contribution >= 4 is 18.0 Å². The number of carbonyl (C=O) groups is 1. The zero-order valence-electron chi connectivity index (χ0n) is 9.82. The predicted molar refractivity (Wildman–Crippen MR) is 66.2 cm³/mol. The van der Waals surface area contributed by atoms with Crippen LogP contribution in [0, 0.1) is 6.92 Å². The normalized spacial score (nSPS) is 11.6. The second-order valence-corrected chi connectivity index (χ2v) is 4.97. The Bertz CT molecular complexity index is 602. The van der Waals surface area contributed by atoms with E-state index in [2.05, 4.69) is 0 Å². The molecule has 0 bridgehead atoms. The van der Waals surface area contributed by atoms with Crippen molar-refractivity contribution in [2.24, 2.45) is 0 Å². The van der Waals surface area contributed by atoms with E-state index in [0.29, 0.717) is 11.8 Å². The number of thioether (sulfide) groups is 1. The summed E-state index contributed by atoms with van der Waals surface area (Å²) >= 11 is -0.201. The maximum atomic E-state index is 12.5. The minimum Gasteiger partial charge on any atom is -0.453 e. The number of aldehydes is 1. The number of benzene rings is 1. The number of carbonyl (C=O) groups excluding carboxylic acids is 1. The monoisotopic (exact) mass is 286 g/mol. The lowest BCUT2D eigenvalue weighted by Gasteiger charge is -2.10. The predicted octanol–water partition coefficient (Wildman–Crippen LogP) is 4.68. The number of halogens is 3. The van der Waals surface area contributed by atoms with E-state index >= 15 is 0 Å². The fourth-order valence-electron chi connectivity index (χ4n) is 1.61. The van der Waals surface area contributed by atoms with Gasteiger partial charge in [0.2, 0.25) is 0 Å². The lowest BCUT2D eigenvalue weighted by atomic mass is 10.1. The summed E-state index contributed by atoms with van der Waals surface area (Å²) in [6.07, 6.45) is 0.510. The van der Waals surface area contributed by atoms with Crippen molar-refractivity contribution in [3.05, 3.63) is 41.7 Å². The van der Waals surface area contributed by atoms with E-state index in [1.165, 1.54) is 18.2 Å². The number of hydrogen-bond acceptors (Lipinski definition) is 3.